The van der Waals surface area contributed by atoms with Gasteiger partial charge in [-0.3, -0.25) is 19.9 Å². The van der Waals surface area contributed by atoms with E-state index in [0.29, 0.717) is 18.9 Å². The normalized spacial score (nSPS) is 27.2. The van der Waals surface area contributed by atoms with E-state index >= 15 is 0 Å². The number of fused-ring (bicyclic) bond motifs is 3. The van der Waals surface area contributed by atoms with Crippen LogP contribution in [0.2, 0.25) is 0 Å². The lowest BCUT2D eigenvalue weighted by Crippen LogP contribution is -2.53. The number of imide groups is 1. The number of hydrogen-bond donors (Lipinski definition) is 1. The molecule has 3 aliphatic rings. The molecule has 3 fully saturated rings. The van der Waals surface area contributed by atoms with Gasteiger partial charge in [-0.15, -0.1) is 0 Å². The molecule has 3 amide bonds. The van der Waals surface area contributed by atoms with Gasteiger partial charge in [-0.2, -0.15) is 5.10 Å². The Morgan fingerprint density at radius 3 is 2.68 bits per heavy atom. The van der Waals surface area contributed by atoms with E-state index in [9.17, 15) is 9.59 Å². The first-order valence-corrected chi connectivity index (χ1v) is 11.8. The number of hydrogen-bond acceptors (Lipinski definition) is 4. The largest absolute Gasteiger partial charge is 0.328 e. The average molecular weight is 424 g/mol. The molecular formula is C24H33N5O2. The molecule has 0 aliphatic carbocycles. The molecule has 1 N–H and O–H groups in total. The molecule has 31 heavy (non-hydrogen) atoms. The predicted molar refractivity (Wildman–Crippen MR) is 120 cm³/mol. The van der Waals surface area contributed by atoms with Crippen LogP contribution < -0.4 is 10.2 Å². The van der Waals surface area contributed by atoms with E-state index in [0.717, 1.165) is 35.6 Å². The summed E-state index contributed by atoms with van der Waals surface area (Å²) in [4.78, 5) is 28.3. The second-order valence-electron chi connectivity index (χ2n) is 10.0. The fraction of sp³-hybridized carbons (Fsp3) is 0.625. The van der Waals surface area contributed by atoms with Crippen LogP contribution in [0.4, 0.5) is 10.5 Å². The summed E-state index contributed by atoms with van der Waals surface area (Å²) in [5, 5.41) is 6.83. The summed E-state index contributed by atoms with van der Waals surface area (Å²) in [6.45, 7) is 6.29. The van der Waals surface area contributed by atoms with Crippen LogP contribution in [0.1, 0.15) is 57.9 Å². The summed E-state index contributed by atoms with van der Waals surface area (Å²) in [5.41, 5.74) is 3.01. The lowest BCUT2D eigenvalue weighted by atomic mass is 9.76. The lowest BCUT2D eigenvalue weighted by Gasteiger charge is -2.49. The van der Waals surface area contributed by atoms with Gasteiger partial charge in [0.1, 0.15) is 0 Å². The van der Waals surface area contributed by atoms with Crippen molar-refractivity contribution in [2.75, 3.05) is 18.0 Å². The second kappa shape index (κ2) is 8.26. The van der Waals surface area contributed by atoms with Crippen LogP contribution in [0.5, 0.6) is 0 Å². The van der Waals surface area contributed by atoms with Gasteiger partial charge >= 0.3 is 6.03 Å². The maximum Gasteiger partial charge on any atom is 0.328 e. The molecule has 0 spiro atoms. The number of carbonyl (C=O) groups is 2. The number of piperidine rings is 2. The summed E-state index contributed by atoms with van der Waals surface area (Å²) < 4.78 is 1.82. The Hall–Kier alpha value is -2.41. The highest BCUT2D eigenvalue weighted by Crippen LogP contribution is 2.39. The average Bonchev–Trinajstić information content (AvgIpc) is 3.11. The monoisotopic (exact) mass is 423 g/mol. The van der Waals surface area contributed by atoms with Gasteiger partial charge < -0.3 is 0 Å². The first-order chi connectivity index (χ1) is 15.0. The Bertz CT molecular complexity index is 970. The van der Waals surface area contributed by atoms with Gasteiger partial charge in [0.15, 0.2) is 0 Å². The summed E-state index contributed by atoms with van der Waals surface area (Å²) in [6.07, 6.45) is 11.8. The first-order valence-electron chi connectivity index (χ1n) is 11.8. The van der Waals surface area contributed by atoms with Crippen LogP contribution in [0.25, 0.3) is 5.52 Å². The Morgan fingerprint density at radius 2 is 1.97 bits per heavy atom. The number of aromatic nitrogens is 2. The molecule has 3 aliphatic heterocycles. The Labute approximate surface area is 183 Å². The van der Waals surface area contributed by atoms with Crippen molar-refractivity contribution in [3.05, 3.63) is 30.1 Å². The van der Waals surface area contributed by atoms with Crippen LogP contribution in [0, 0.1) is 11.8 Å². The predicted octanol–water partition coefficient (Wildman–Crippen LogP) is 3.61. The molecule has 7 heteroatoms. The van der Waals surface area contributed by atoms with Crippen molar-refractivity contribution in [1.82, 2.24) is 19.8 Å². The number of amides is 3. The van der Waals surface area contributed by atoms with Crippen LogP contribution in [-0.2, 0) is 11.2 Å². The molecule has 5 rings (SSSR count). The minimum Gasteiger partial charge on any atom is -0.297 e. The van der Waals surface area contributed by atoms with E-state index in [2.05, 4.69) is 41.3 Å². The first kappa shape index (κ1) is 20.5. The molecule has 0 aromatic carbocycles. The van der Waals surface area contributed by atoms with E-state index in [-0.39, 0.29) is 11.9 Å². The minimum absolute atomic E-state index is 0.215. The summed E-state index contributed by atoms with van der Waals surface area (Å²) in [7, 11) is 0. The number of carbonyl (C=O) groups excluding carboxylic acids is 2. The SMILES string of the molecule is CC(C)CN1C2CCCC1CC(Cc1ccn3ncc(N4CCC(=O)NC4=O)c3c1)C2. The van der Waals surface area contributed by atoms with Crippen molar-refractivity contribution in [3.8, 4) is 0 Å². The zero-order valence-electron chi connectivity index (χ0n) is 18.6. The molecule has 5 heterocycles. The third-order valence-electron chi connectivity index (χ3n) is 7.23. The summed E-state index contributed by atoms with van der Waals surface area (Å²) >= 11 is 0. The number of nitrogens with one attached hydrogen (secondary N) is 1. The molecule has 2 aromatic heterocycles. The molecule has 0 radical (unpaired) electrons. The van der Waals surface area contributed by atoms with Gasteiger partial charge in [-0.05, 0) is 61.6 Å². The van der Waals surface area contributed by atoms with Gasteiger partial charge in [0.25, 0.3) is 0 Å². The van der Waals surface area contributed by atoms with E-state index < -0.39 is 0 Å². The van der Waals surface area contributed by atoms with Crippen molar-refractivity contribution in [3.63, 3.8) is 0 Å². The number of urea groups is 1. The fourth-order valence-electron chi connectivity index (χ4n) is 5.95. The molecule has 7 nitrogen and oxygen atoms in total. The highest BCUT2D eigenvalue weighted by molar-refractivity contribution is 6.07. The molecule has 2 aromatic rings. The molecule has 2 atom stereocenters. The van der Waals surface area contributed by atoms with Crippen LogP contribution in [0.3, 0.4) is 0 Å². The number of anilines is 1. The third kappa shape index (κ3) is 4.07. The van der Waals surface area contributed by atoms with Crippen LogP contribution in [-0.4, -0.2) is 51.6 Å². The number of rotatable bonds is 5. The van der Waals surface area contributed by atoms with Crippen molar-refractivity contribution in [2.45, 2.75) is 70.9 Å². The topological polar surface area (TPSA) is 70.0 Å². The van der Waals surface area contributed by atoms with Gasteiger partial charge in [-0.1, -0.05) is 20.3 Å². The van der Waals surface area contributed by atoms with Crippen molar-refractivity contribution < 1.29 is 9.59 Å². The third-order valence-corrected chi connectivity index (χ3v) is 7.23. The standard InChI is InChI=1S/C24H33N5O2/c1-16(2)15-28-19-4-3-5-20(28)12-18(11-19)10-17-6-9-29-21(13-17)22(14-25-29)27-8-7-23(30)26-24(27)31/h6,9,13-14,16,18-20H,3-5,7-8,10-12,15H2,1-2H3,(H,26,30,31). The number of pyridine rings is 1. The number of nitrogens with zero attached hydrogens (tertiary/aromatic N) is 4. The van der Waals surface area contributed by atoms with Crippen molar-refractivity contribution in [1.29, 1.82) is 0 Å². The highest BCUT2D eigenvalue weighted by atomic mass is 16.2. The van der Waals surface area contributed by atoms with Gasteiger partial charge in [0.05, 0.1) is 17.4 Å². The maximum atomic E-state index is 12.3. The van der Waals surface area contributed by atoms with E-state index in [1.165, 1.54) is 44.2 Å². The smallest absolute Gasteiger partial charge is 0.297 e. The summed E-state index contributed by atoms with van der Waals surface area (Å²) in [5.74, 6) is 1.22. The lowest BCUT2D eigenvalue weighted by molar-refractivity contribution is -0.120. The van der Waals surface area contributed by atoms with Crippen molar-refractivity contribution in [2.24, 2.45) is 11.8 Å². The van der Waals surface area contributed by atoms with Crippen LogP contribution >= 0.6 is 0 Å². The van der Waals surface area contributed by atoms with E-state index in [4.69, 9.17) is 0 Å². The molecule has 166 valence electrons. The second-order valence-corrected chi connectivity index (χ2v) is 10.0. The fourth-order valence-corrected chi connectivity index (χ4v) is 5.95. The van der Waals surface area contributed by atoms with Crippen LogP contribution in [0.15, 0.2) is 24.5 Å². The zero-order chi connectivity index (χ0) is 21.5. The minimum atomic E-state index is -0.359. The van der Waals surface area contributed by atoms with Crippen molar-refractivity contribution >= 4 is 23.1 Å². The zero-order valence-corrected chi connectivity index (χ0v) is 18.6. The van der Waals surface area contributed by atoms with Gasteiger partial charge in [0.2, 0.25) is 5.91 Å². The molecule has 3 saturated heterocycles. The molecular weight excluding hydrogens is 390 g/mol. The molecule has 0 saturated carbocycles. The highest BCUT2D eigenvalue weighted by Gasteiger charge is 2.38. The van der Waals surface area contributed by atoms with Gasteiger partial charge in [0, 0.05) is 37.8 Å². The quantitative estimate of drug-likeness (QED) is 0.798. The summed E-state index contributed by atoms with van der Waals surface area (Å²) in [6, 6.07) is 5.47. The van der Waals surface area contributed by atoms with E-state index in [1.54, 1.807) is 11.1 Å². The Kier molecular flexibility index (Phi) is 5.46. The van der Waals surface area contributed by atoms with E-state index in [1.807, 2.05) is 10.7 Å². The molecule has 2 unspecified atom stereocenters. The Morgan fingerprint density at radius 1 is 1.19 bits per heavy atom. The Balaban J connectivity index is 1.33. The molecule has 2 bridgehead atoms. The van der Waals surface area contributed by atoms with Gasteiger partial charge in [-0.25, -0.2) is 9.31 Å². The maximum absolute atomic E-state index is 12.3.